The maximum atomic E-state index is 12.5. The van der Waals surface area contributed by atoms with Gasteiger partial charge >= 0.3 is 0 Å². The third kappa shape index (κ3) is 6.43. The number of carbonyl (C=O) groups excluding carboxylic acids is 2. The van der Waals surface area contributed by atoms with Crippen LogP contribution in [0.15, 0.2) is 70.5 Å². The zero-order chi connectivity index (χ0) is 26.5. The third-order valence-corrected chi connectivity index (χ3v) is 8.81. The van der Waals surface area contributed by atoms with Gasteiger partial charge in [-0.2, -0.15) is 0 Å². The Labute approximate surface area is 235 Å². The van der Waals surface area contributed by atoms with Gasteiger partial charge in [0.25, 0.3) is 5.91 Å². The van der Waals surface area contributed by atoms with Crippen LogP contribution in [0.25, 0.3) is 10.1 Å². The van der Waals surface area contributed by atoms with Crippen LogP contribution in [0.4, 0.5) is 0 Å². The molecule has 0 aliphatic rings. The van der Waals surface area contributed by atoms with Crippen molar-refractivity contribution in [2.75, 3.05) is 6.54 Å². The minimum Gasteiger partial charge on any atom is -0.370 e. The summed E-state index contributed by atoms with van der Waals surface area (Å²) in [7, 11) is 0. The van der Waals surface area contributed by atoms with Gasteiger partial charge in [-0.3, -0.25) is 9.59 Å². The van der Waals surface area contributed by atoms with Gasteiger partial charge in [0.2, 0.25) is 5.91 Å². The van der Waals surface area contributed by atoms with Crippen molar-refractivity contribution in [3.63, 3.8) is 0 Å². The van der Waals surface area contributed by atoms with E-state index in [1.54, 1.807) is 11.3 Å². The van der Waals surface area contributed by atoms with Gasteiger partial charge in [-0.05, 0) is 98.5 Å². The molecule has 4 nitrogen and oxygen atoms in total. The zero-order valence-corrected chi connectivity index (χ0v) is 24.1. The minimum atomic E-state index is -0.436. The molecule has 0 fully saturated rings. The predicted octanol–water partition coefficient (Wildman–Crippen LogP) is 7.95. The molecule has 37 heavy (non-hydrogen) atoms. The molecule has 2 atom stereocenters. The van der Waals surface area contributed by atoms with E-state index in [1.807, 2.05) is 24.3 Å². The number of halogens is 2. The van der Waals surface area contributed by atoms with Crippen LogP contribution in [-0.4, -0.2) is 18.4 Å². The van der Waals surface area contributed by atoms with E-state index in [1.165, 1.54) is 32.3 Å². The molecule has 1 heterocycles. The number of amides is 2. The lowest BCUT2D eigenvalue weighted by Crippen LogP contribution is -2.27. The first-order valence-corrected chi connectivity index (χ1v) is 14.4. The highest BCUT2D eigenvalue weighted by molar-refractivity contribution is 9.10. The van der Waals surface area contributed by atoms with Crippen molar-refractivity contribution in [2.24, 2.45) is 5.73 Å². The van der Waals surface area contributed by atoms with E-state index in [4.69, 9.17) is 17.3 Å². The average Bonchev–Trinajstić information content (AvgIpc) is 3.28. The van der Waals surface area contributed by atoms with E-state index < -0.39 is 5.91 Å². The Balaban J connectivity index is 1.76. The number of hydrogen-bond donors (Lipinski definition) is 2. The van der Waals surface area contributed by atoms with Crippen molar-refractivity contribution < 1.29 is 9.59 Å². The molecular formula is C30H30BrClN2O2S. The van der Waals surface area contributed by atoms with Gasteiger partial charge in [-0.1, -0.05) is 55.3 Å². The summed E-state index contributed by atoms with van der Waals surface area (Å²) in [5.74, 6) is -0.321. The number of hydrogen-bond acceptors (Lipinski definition) is 3. The Bertz CT molecular complexity index is 1400. The summed E-state index contributed by atoms with van der Waals surface area (Å²) in [6, 6.07) is 20.5. The number of benzene rings is 3. The SMILES string of the molecule is CCCC(c1ccc(C(=O)NCCC(N)=O)cc1)C(c1ccc(Cl)cc1)c1csc2c(Br)cc(C)cc12. The van der Waals surface area contributed by atoms with Gasteiger partial charge in [0.05, 0.1) is 0 Å². The first-order chi connectivity index (χ1) is 17.8. The second-order valence-electron chi connectivity index (χ2n) is 9.33. The van der Waals surface area contributed by atoms with Crippen LogP contribution in [0, 0.1) is 6.92 Å². The van der Waals surface area contributed by atoms with Crippen LogP contribution in [0.3, 0.4) is 0 Å². The Morgan fingerprint density at radius 3 is 2.38 bits per heavy atom. The van der Waals surface area contributed by atoms with Crippen LogP contribution >= 0.6 is 38.9 Å². The number of carbonyl (C=O) groups is 2. The quantitative estimate of drug-likeness (QED) is 0.195. The molecule has 2 unspecified atom stereocenters. The number of nitrogens with one attached hydrogen (secondary N) is 1. The number of rotatable bonds is 10. The summed E-state index contributed by atoms with van der Waals surface area (Å²) in [5, 5.41) is 7.03. The average molecular weight is 598 g/mol. The van der Waals surface area contributed by atoms with Gasteiger partial charge in [-0.15, -0.1) is 11.3 Å². The van der Waals surface area contributed by atoms with E-state index in [-0.39, 0.29) is 30.7 Å². The lowest BCUT2D eigenvalue weighted by Gasteiger charge is -2.29. The summed E-state index contributed by atoms with van der Waals surface area (Å²) in [4.78, 5) is 23.5. The monoisotopic (exact) mass is 596 g/mol. The molecule has 0 saturated carbocycles. The molecule has 0 saturated heterocycles. The van der Waals surface area contributed by atoms with Crippen molar-refractivity contribution in [3.8, 4) is 0 Å². The lowest BCUT2D eigenvalue weighted by atomic mass is 9.75. The molecule has 192 valence electrons. The molecule has 2 amide bonds. The standard InChI is InChI=1S/C30H30BrClN2O2S/c1-3-4-23(19-5-7-21(8-6-19)30(36)34-14-13-27(33)35)28(20-9-11-22(32)12-10-20)25-17-37-29-24(25)15-18(2)16-26(29)31/h5-12,15-17,23,28H,3-4,13-14H2,1-2H3,(H2,33,35)(H,34,36). The maximum Gasteiger partial charge on any atom is 0.251 e. The second-order valence-corrected chi connectivity index (χ2v) is 11.5. The van der Waals surface area contributed by atoms with Crippen molar-refractivity contribution in [1.29, 1.82) is 0 Å². The maximum absolute atomic E-state index is 12.5. The summed E-state index contributed by atoms with van der Waals surface area (Å²) in [6.07, 6.45) is 2.13. The van der Waals surface area contributed by atoms with Gasteiger partial charge in [0.1, 0.15) is 0 Å². The fourth-order valence-electron chi connectivity index (χ4n) is 4.91. The van der Waals surface area contributed by atoms with E-state index in [9.17, 15) is 9.59 Å². The molecular weight excluding hydrogens is 568 g/mol. The number of nitrogens with two attached hydrogens (primary N) is 1. The zero-order valence-electron chi connectivity index (χ0n) is 20.9. The van der Waals surface area contributed by atoms with E-state index in [2.05, 4.69) is 76.9 Å². The molecule has 1 aromatic heterocycles. The largest absolute Gasteiger partial charge is 0.370 e. The van der Waals surface area contributed by atoms with Crippen molar-refractivity contribution in [2.45, 2.75) is 44.9 Å². The van der Waals surface area contributed by atoms with Crippen LogP contribution in [0.1, 0.15) is 70.6 Å². The minimum absolute atomic E-state index is 0.120. The van der Waals surface area contributed by atoms with Crippen molar-refractivity contribution >= 4 is 60.8 Å². The summed E-state index contributed by atoms with van der Waals surface area (Å²) in [5.41, 5.74) is 10.7. The third-order valence-electron chi connectivity index (χ3n) is 6.63. The molecule has 4 rings (SSSR count). The van der Waals surface area contributed by atoms with Crippen LogP contribution in [-0.2, 0) is 4.79 Å². The van der Waals surface area contributed by atoms with Crippen LogP contribution in [0.5, 0.6) is 0 Å². The molecule has 7 heteroatoms. The first-order valence-electron chi connectivity index (χ1n) is 12.4. The fraction of sp³-hybridized carbons (Fsp3) is 0.267. The summed E-state index contributed by atoms with van der Waals surface area (Å²) < 4.78 is 2.37. The van der Waals surface area contributed by atoms with Crippen molar-refractivity contribution in [1.82, 2.24) is 5.32 Å². The van der Waals surface area contributed by atoms with Crippen LogP contribution < -0.4 is 11.1 Å². The second kappa shape index (κ2) is 12.2. The Hall–Kier alpha value is -2.67. The number of primary amides is 1. The van der Waals surface area contributed by atoms with E-state index in [0.717, 1.165) is 22.3 Å². The van der Waals surface area contributed by atoms with Gasteiger partial charge < -0.3 is 11.1 Å². The Morgan fingerprint density at radius 1 is 1.05 bits per heavy atom. The van der Waals surface area contributed by atoms with E-state index >= 15 is 0 Å². The molecule has 4 aromatic rings. The number of thiophene rings is 1. The predicted molar refractivity (Wildman–Crippen MR) is 158 cm³/mol. The topological polar surface area (TPSA) is 72.2 Å². The van der Waals surface area contributed by atoms with Gasteiger partial charge in [-0.25, -0.2) is 0 Å². The number of fused-ring (bicyclic) bond motifs is 1. The molecule has 0 bridgehead atoms. The Kier molecular flexibility index (Phi) is 9.06. The Morgan fingerprint density at radius 2 is 1.73 bits per heavy atom. The molecule has 0 aliphatic heterocycles. The first kappa shape index (κ1) is 27.4. The summed E-state index contributed by atoms with van der Waals surface area (Å²) in [6.45, 7) is 4.56. The van der Waals surface area contributed by atoms with Crippen LogP contribution in [0.2, 0.25) is 5.02 Å². The molecule has 3 aromatic carbocycles. The van der Waals surface area contributed by atoms with Gasteiger partial charge in [0, 0.05) is 38.6 Å². The highest BCUT2D eigenvalue weighted by Gasteiger charge is 2.29. The normalized spacial score (nSPS) is 12.9. The highest BCUT2D eigenvalue weighted by Crippen LogP contribution is 2.47. The molecule has 3 N–H and O–H groups in total. The molecule has 0 aliphatic carbocycles. The van der Waals surface area contributed by atoms with E-state index in [0.29, 0.717) is 5.56 Å². The highest BCUT2D eigenvalue weighted by atomic mass is 79.9. The van der Waals surface area contributed by atoms with Gasteiger partial charge in [0.15, 0.2) is 0 Å². The molecule has 0 spiro atoms. The molecule has 0 radical (unpaired) electrons. The fourth-order valence-corrected chi connectivity index (χ4v) is 6.88. The number of aryl methyl sites for hydroxylation is 1. The lowest BCUT2D eigenvalue weighted by molar-refractivity contribution is -0.117. The summed E-state index contributed by atoms with van der Waals surface area (Å²) >= 11 is 11.8. The smallest absolute Gasteiger partial charge is 0.251 e. The van der Waals surface area contributed by atoms with Crippen molar-refractivity contribution in [3.05, 3.63) is 103 Å².